The van der Waals surface area contributed by atoms with E-state index in [0.717, 1.165) is 31.7 Å². The molecule has 3 aromatic rings. The molecule has 4 rings (SSSR count). The molecule has 2 heterocycles. The zero-order chi connectivity index (χ0) is 16.5. The van der Waals surface area contributed by atoms with E-state index in [1.165, 1.54) is 11.3 Å². The number of fused-ring (bicyclic) bond motifs is 1. The topological polar surface area (TPSA) is 41.6 Å². The van der Waals surface area contributed by atoms with E-state index in [-0.39, 0.29) is 5.76 Å². The lowest BCUT2D eigenvalue weighted by Gasteiger charge is -2.36. The second kappa shape index (κ2) is 6.17. The van der Waals surface area contributed by atoms with Crippen molar-refractivity contribution in [3.8, 4) is 0 Å². The van der Waals surface area contributed by atoms with E-state index >= 15 is 0 Å². The molecule has 0 spiro atoms. The molecule has 1 aromatic heterocycles. The van der Waals surface area contributed by atoms with Crippen molar-refractivity contribution in [3.63, 3.8) is 0 Å². The second-order valence-corrected chi connectivity index (χ2v) is 6.35. The van der Waals surface area contributed by atoms with Gasteiger partial charge in [0.2, 0.25) is 0 Å². The Bertz CT molecular complexity index is 904. The number of anilines is 1. The summed E-state index contributed by atoms with van der Waals surface area (Å²) in [6, 6.07) is 16.2. The second-order valence-electron chi connectivity index (χ2n) is 6.35. The third-order valence-electron chi connectivity index (χ3n) is 4.65. The minimum atomic E-state index is -0.280. The van der Waals surface area contributed by atoms with E-state index in [1.807, 2.05) is 24.3 Å². The Morgan fingerprint density at radius 1 is 1.00 bits per heavy atom. The van der Waals surface area contributed by atoms with Gasteiger partial charge < -0.3 is 9.32 Å². The lowest BCUT2D eigenvalue weighted by Crippen LogP contribution is -2.47. The first kappa shape index (κ1) is 15.0. The minimum absolute atomic E-state index is 0.280. The van der Waals surface area contributed by atoms with Crippen LogP contribution < -0.4 is 10.7 Å². The molecule has 1 aliphatic heterocycles. The molecule has 0 bridgehead atoms. The number of piperazine rings is 1. The molecule has 0 unspecified atom stereocenters. The van der Waals surface area contributed by atoms with Crippen molar-refractivity contribution in [2.24, 2.45) is 0 Å². The highest BCUT2D eigenvalue weighted by Gasteiger charge is 2.19. The van der Waals surface area contributed by atoms with Gasteiger partial charge in [-0.25, -0.2) is 4.79 Å². The lowest BCUT2D eigenvalue weighted by atomic mass is 10.2. The van der Waals surface area contributed by atoms with Crippen molar-refractivity contribution in [1.29, 1.82) is 0 Å². The fraction of sp³-hybridized carbons (Fsp3) is 0.316. The summed E-state index contributed by atoms with van der Waals surface area (Å²) in [5, 5.41) is 0. The van der Waals surface area contributed by atoms with E-state index in [1.54, 1.807) is 4.57 Å². The minimum Gasteiger partial charge on any atom is -0.408 e. The first-order valence-corrected chi connectivity index (χ1v) is 8.33. The first-order valence-electron chi connectivity index (χ1n) is 8.33. The monoisotopic (exact) mass is 323 g/mol. The van der Waals surface area contributed by atoms with Crippen LogP contribution in [0.5, 0.6) is 0 Å². The summed E-state index contributed by atoms with van der Waals surface area (Å²) in [6.45, 7) is 6.50. The Balaban J connectivity index is 1.46. The maximum Gasteiger partial charge on any atom is 0.421 e. The molecule has 24 heavy (non-hydrogen) atoms. The van der Waals surface area contributed by atoms with Gasteiger partial charge in [0, 0.05) is 31.9 Å². The van der Waals surface area contributed by atoms with E-state index < -0.39 is 0 Å². The van der Waals surface area contributed by atoms with Crippen LogP contribution in [0, 0.1) is 6.92 Å². The summed E-state index contributed by atoms with van der Waals surface area (Å²) in [7, 11) is 0. The number of nitrogens with zero attached hydrogens (tertiary/aromatic N) is 3. The van der Waals surface area contributed by atoms with Crippen molar-refractivity contribution < 1.29 is 4.42 Å². The van der Waals surface area contributed by atoms with Crippen LogP contribution in [0.15, 0.2) is 57.7 Å². The van der Waals surface area contributed by atoms with Crippen molar-refractivity contribution in [1.82, 2.24) is 9.47 Å². The van der Waals surface area contributed by atoms with Crippen LogP contribution in [0.2, 0.25) is 0 Å². The van der Waals surface area contributed by atoms with Gasteiger partial charge in [-0.05, 0) is 36.8 Å². The maximum atomic E-state index is 12.1. The van der Waals surface area contributed by atoms with Crippen LogP contribution in [0.1, 0.15) is 5.56 Å². The predicted octanol–water partition coefficient (Wildman–Crippen LogP) is 2.68. The van der Waals surface area contributed by atoms with Crippen LogP contribution in [0.25, 0.3) is 11.1 Å². The van der Waals surface area contributed by atoms with Crippen LogP contribution in [0.3, 0.4) is 0 Å². The van der Waals surface area contributed by atoms with E-state index in [0.29, 0.717) is 12.3 Å². The van der Waals surface area contributed by atoms with Gasteiger partial charge >= 0.3 is 5.76 Å². The summed E-state index contributed by atoms with van der Waals surface area (Å²) in [5.41, 5.74) is 4.08. The molecule has 0 N–H and O–H groups in total. The highest BCUT2D eigenvalue weighted by atomic mass is 16.4. The van der Waals surface area contributed by atoms with Gasteiger partial charge in [-0.1, -0.05) is 24.3 Å². The number of benzene rings is 2. The number of aromatic nitrogens is 1. The van der Waals surface area contributed by atoms with Gasteiger partial charge in [0.05, 0.1) is 12.2 Å². The Morgan fingerprint density at radius 2 is 1.79 bits per heavy atom. The fourth-order valence-electron chi connectivity index (χ4n) is 3.32. The third kappa shape index (κ3) is 2.83. The predicted molar refractivity (Wildman–Crippen MR) is 95.4 cm³/mol. The standard InChI is InChI=1S/C19H21N3O2/c1-15-5-4-6-16(13-15)21-11-9-20(10-12-21)14-22-17-7-2-3-8-18(17)24-19(22)23/h2-8,13H,9-12,14H2,1H3. The molecular formula is C19H21N3O2. The Hall–Kier alpha value is -2.53. The molecule has 124 valence electrons. The van der Waals surface area contributed by atoms with E-state index in [9.17, 15) is 4.79 Å². The molecular weight excluding hydrogens is 302 g/mol. The zero-order valence-corrected chi connectivity index (χ0v) is 13.8. The SMILES string of the molecule is Cc1cccc(N2CCN(Cn3c(=O)oc4ccccc43)CC2)c1. The van der Waals surface area contributed by atoms with Crippen molar-refractivity contribution >= 4 is 16.8 Å². The van der Waals surface area contributed by atoms with Crippen LogP contribution >= 0.6 is 0 Å². The summed E-state index contributed by atoms with van der Waals surface area (Å²) >= 11 is 0. The molecule has 0 amide bonds. The summed E-state index contributed by atoms with van der Waals surface area (Å²) < 4.78 is 7.03. The maximum absolute atomic E-state index is 12.1. The molecule has 0 saturated carbocycles. The highest BCUT2D eigenvalue weighted by molar-refractivity contribution is 5.72. The molecule has 1 saturated heterocycles. The van der Waals surface area contributed by atoms with Crippen molar-refractivity contribution in [3.05, 3.63) is 64.6 Å². The van der Waals surface area contributed by atoms with Gasteiger partial charge in [-0.15, -0.1) is 0 Å². The van der Waals surface area contributed by atoms with Gasteiger partial charge in [-0.3, -0.25) is 9.47 Å². The van der Waals surface area contributed by atoms with Gasteiger partial charge in [0.1, 0.15) is 0 Å². The largest absolute Gasteiger partial charge is 0.421 e. The number of rotatable bonds is 3. The van der Waals surface area contributed by atoms with Crippen molar-refractivity contribution in [2.45, 2.75) is 13.6 Å². The van der Waals surface area contributed by atoms with Gasteiger partial charge in [-0.2, -0.15) is 0 Å². The Morgan fingerprint density at radius 3 is 2.58 bits per heavy atom. The third-order valence-corrected chi connectivity index (χ3v) is 4.65. The number of para-hydroxylation sites is 2. The molecule has 1 fully saturated rings. The zero-order valence-electron chi connectivity index (χ0n) is 13.8. The normalized spacial score (nSPS) is 16.0. The molecule has 2 aromatic carbocycles. The quantitative estimate of drug-likeness (QED) is 0.743. The van der Waals surface area contributed by atoms with Crippen LogP contribution in [-0.4, -0.2) is 35.6 Å². The van der Waals surface area contributed by atoms with Gasteiger partial charge in [0.15, 0.2) is 5.58 Å². The van der Waals surface area contributed by atoms with Crippen LogP contribution in [-0.2, 0) is 6.67 Å². The molecule has 5 nitrogen and oxygen atoms in total. The number of hydrogen-bond acceptors (Lipinski definition) is 4. The number of aryl methyl sites for hydroxylation is 1. The summed E-state index contributed by atoms with van der Waals surface area (Å²) in [5.74, 6) is -0.280. The summed E-state index contributed by atoms with van der Waals surface area (Å²) in [6.07, 6.45) is 0. The van der Waals surface area contributed by atoms with Crippen LogP contribution in [0.4, 0.5) is 5.69 Å². The van der Waals surface area contributed by atoms with E-state index in [2.05, 4.69) is 41.0 Å². The number of oxazole rings is 1. The molecule has 5 heteroatoms. The average molecular weight is 323 g/mol. The lowest BCUT2D eigenvalue weighted by molar-refractivity contribution is 0.202. The average Bonchev–Trinajstić information content (AvgIpc) is 2.91. The highest BCUT2D eigenvalue weighted by Crippen LogP contribution is 2.18. The Kier molecular flexibility index (Phi) is 3.86. The smallest absolute Gasteiger partial charge is 0.408 e. The van der Waals surface area contributed by atoms with Gasteiger partial charge in [0.25, 0.3) is 0 Å². The van der Waals surface area contributed by atoms with E-state index in [4.69, 9.17) is 4.42 Å². The molecule has 0 aliphatic carbocycles. The number of hydrogen-bond donors (Lipinski definition) is 0. The first-order chi connectivity index (χ1) is 11.7. The Labute approximate surface area is 140 Å². The summed E-state index contributed by atoms with van der Waals surface area (Å²) in [4.78, 5) is 16.8. The molecule has 0 atom stereocenters. The molecule has 1 aliphatic rings. The molecule has 0 radical (unpaired) electrons. The van der Waals surface area contributed by atoms with Crippen molar-refractivity contribution in [2.75, 3.05) is 31.1 Å². The fourth-order valence-corrected chi connectivity index (χ4v) is 3.32.